The molecule has 0 unspecified atom stereocenters. The lowest BCUT2D eigenvalue weighted by atomic mass is 10.1. The highest BCUT2D eigenvalue weighted by molar-refractivity contribution is 5.73. The van der Waals surface area contributed by atoms with E-state index in [4.69, 9.17) is 0 Å². The van der Waals surface area contributed by atoms with Crippen LogP contribution in [-0.2, 0) is 13.2 Å². The van der Waals surface area contributed by atoms with E-state index in [-0.39, 0.29) is 12.6 Å². The van der Waals surface area contributed by atoms with Crippen molar-refractivity contribution in [3.8, 4) is 0 Å². The molecule has 1 fully saturated rings. The molecule has 0 atom stereocenters. The number of aliphatic hydroxyl groups excluding tert-OH is 1. The minimum absolute atomic E-state index is 0.00153. The molecule has 4 nitrogen and oxygen atoms in total. The number of amides is 2. The first-order valence-electron chi connectivity index (χ1n) is 6.99. The smallest absolute Gasteiger partial charge is 0.315 e. The van der Waals surface area contributed by atoms with Crippen LogP contribution in [0.5, 0.6) is 0 Å². The Bertz CT molecular complexity index is 414. The van der Waals surface area contributed by atoms with Crippen molar-refractivity contribution in [2.24, 2.45) is 5.92 Å². The summed E-state index contributed by atoms with van der Waals surface area (Å²) in [5.74, 6) is 0.649. The van der Waals surface area contributed by atoms with Gasteiger partial charge in [-0.3, -0.25) is 0 Å². The predicted molar refractivity (Wildman–Crippen MR) is 74.6 cm³/mol. The number of nitrogens with one attached hydrogen (secondary N) is 2. The molecule has 0 aromatic heterocycles. The van der Waals surface area contributed by atoms with Crippen LogP contribution in [0.15, 0.2) is 24.3 Å². The lowest BCUT2D eigenvalue weighted by Gasteiger charge is -2.12. The second kappa shape index (κ2) is 7.14. The van der Waals surface area contributed by atoms with Crippen LogP contribution in [0.1, 0.15) is 36.8 Å². The van der Waals surface area contributed by atoms with E-state index in [0.717, 1.165) is 17.7 Å². The summed E-state index contributed by atoms with van der Waals surface area (Å²) in [5, 5.41) is 15.0. The van der Waals surface area contributed by atoms with Crippen LogP contribution in [0.2, 0.25) is 0 Å². The van der Waals surface area contributed by atoms with Gasteiger partial charge in [-0.25, -0.2) is 4.79 Å². The summed E-state index contributed by atoms with van der Waals surface area (Å²) in [6.45, 7) is 1.22. The van der Waals surface area contributed by atoms with Crippen LogP contribution < -0.4 is 10.6 Å². The summed E-state index contributed by atoms with van der Waals surface area (Å²) in [6.07, 6.45) is 5.04. The summed E-state index contributed by atoms with van der Waals surface area (Å²) in [4.78, 5) is 11.7. The Morgan fingerprint density at radius 1 is 1.16 bits per heavy atom. The molecule has 1 aliphatic rings. The van der Waals surface area contributed by atoms with E-state index in [0.29, 0.717) is 12.5 Å². The largest absolute Gasteiger partial charge is 0.392 e. The van der Waals surface area contributed by atoms with Gasteiger partial charge in [0.1, 0.15) is 0 Å². The molecule has 1 aromatic carbocycles. The van der Waals surface area contributed by atoms with Crippen molar-refractivity contribution < 1.29 is 9.90 Å². The predicted octanol–water partition coefficient (Wildman–Crippen LogP) is 2.17. The first-order valence-corrected chi connectivity index (χ1v) is 6.99. The molecule has 0 bridgehead atoms. The summed E-state index contributed by atoms with van der Waals surface area (Å²) in [7, 11) is 0. The zero-order valence-corrected chi connectivity index (χ0v) is 11.2. The fourth-order valence-electron chi connectivity index (χ4n) is 2.57. The first kappa shape index (κ1) is 13.9. The van der Waals surface area contributed by atoms with Crippen molar-refractivity contribution in [2.75, 3.05) is 6.54 Å². The van der Waals surface area contributed by atoms with Crippen LogP contribution in [0.25, 0.3) is 0 Å². The van der Waals surface area contributed by atoms with Crippen molar-refractivity contribution in [3.63, 3.8) is 0 Å². The Morgan fingerprint density at radius 2 is 1.84 bits per heavy atom. The molecule has 1 aromatic rings. The van der Waals surface area contributed by atoms with E-state index in [2.05, 4.69) is 10.6 Å². The Labute approximate surface area is 114 Å². The number of hydrogen-bond donors (Lipinski definition) is 3. The number of benzene rings is 1. The zero-order chi connectivity index (χ0) is 13.5. The highest BCUT2D eigenvalue weighted by atomic mass is 16.3. The van der Waals surface area contributed by atoms with E-state index in [1.807, 2.05) is 24.3 Å². The van der Waals surface area contributed by atoms with Crippen LogP contribution in [0.4, 0.5) is 4.79 Å². The summed E-state index contributed by atoms with van der Waals surface area (Å²) in [6, 6.07) is 7.46. The standard InChI is InChI=1S/C15H22N2O2/c18-11-14-8-4-3-7-13(14)10-17-15(19)16-9-12-5-1-2-6-12/h3-4,7-8,12,18H,1-2,5-6,9-11H2,(H2,16,17,19). The maximum absolute atomic E-state index is 11.7. The topological polar surface area (TPSA) is 61.4 Å². The molecule has 104 valence electrons. The minimum Gasteiger partial charge on any atom is -0.392 e. The van der Waals surface area contributed by atoms with Crippen LogP contribution in [0, 0.1) is 5.92 Å². The number of aliphatic hydroxyl groups is 1. The third kappa shape index (κ3) is 4.24. The lowest BCUT2D eigenvalue weighted by Crippen LogP contribution is -2.37. The van der Waals surface area contributed by atoms with Gasteiger partial charge in [0, 0.05) is 13.1 Å². The van der Waals surface area contributed by atoms with Crippen molar-refractivity contribution in [3.05, 3.63) is 35.4 Å². The fourth-order valence-corrected chi connectivity index (χ4v) is 2.57. The Balaban J connectivity index is 1.73. The monoisotopic (exact) mass is 262 g/mol. The highest BCUT2D eigenvalue weighted by Gasteiger charge is 2.15. The fraction of sp³-hybridized carbons (Fsp3) is 0.533. The zero-order valence-electron chi connectivity index (χ0n) is 11.2. The quantitative estimate of drug-likeness (QED) is 0.761. The number of hydrogen-bond acceptors (Lipinski definition) is 2. The van der Waals surface area contributed by atoms with Gasteiger partial charge in [0.2, 0.25) is 0 Å². The molecule has 3 N–H and O–H groups in total. The van der Waals surface area contributed by atoms with Gasteiger partial charge in [0.05, 0.1) is 6.61 Å². The molecule has 0 heterocycles. The molecule has 0 radical (unpaired) electrons. The molecular formula is C15H22N2O2. The molecule has 1 aliphatic carbocycles. The van der Waals surface area contributed by atoms with E-state index in [9.17, 15) is 9.90 Å². The molecule has 4 heteroatoms. The number of rotatable bonds is 5. The Morgan fingerprint density at radius 3 is 2.53 bits per heavy atom. The van der Waals surface area contributed by atoms with Crippen molar-refractivity contribution in [1.82, 2.24) is 10.6 Å². The molecule has 19 heavy (non-hydrogen) atoms. The third-order valence-corrected chi connectivity index (χ3v) is 3.75. The average molecular weight is 262 g/mol. The molecule has 0 saturated heterocycles. The van der Waals surface area contributed by atoms with Gasteiger partial charge in [0.25, 0.3) is 0 Å². The number of urea groups is 1. The first-order chi connectivity index (χ1) is 9.29. The minimum atomic E-state index is -0.125. The second-order valence-corrected chi connectivity index (χ2v) is 5.14. The molecule has 1 saturated carbocycles. The maximum Gasteiger partial charge on any atom is 0.315 e. The van der Waals surface area contributed by atoms with Crippen molar-refractivity contribution in [2.45, 2.75) is 38.8 Å². The molecule has 0 spiro atoms. The normalized spacial score (nSPS) is 15.4. The molecule has 2 rings (SSSR count). The summed E-state index contributed by atoms with van der Waals surface area (Å²) >= 11 is 0. The van der Waals surface area contributed by atoms with E-state index in [1.165, 1.54) is 25.7 Å². The summed E-state index contributed by atoms with van der Waals surface area (Å²) in [5.41, 5.74) is 1.82. The van der Waals surface area contributed by atoms with Gasteiger partial charge in [-0.2, -0.15) is 0 Å². The summed E-state index contributed by atoms with van der Waals surface area (Å²) < 4.78 is 0. The third-order valence-electron chi connectivity index (χ3n) is 3.75. The van der Waals surface area contributed by atoms with Gasteiger partial charge >= 0.3 is 6.03 Å². The molecule has 0 aliphatic heterocycles. The number of carbonyl (C=O) groups excluding carboxylic acids is 1. The average Bonchev–Trinajstić information content (AvgIpc) is 2.96. The van der Waals surface area contributed by atoms with Crippen LogP contribution >= 0.6 is 0 Å². The van der Waals surface area contributed by atoms with Crippen LogP contribution in [0.3, 0.4) is 0 Å². The van der Waals surface area contributed by atoms with Gasteiger partial charge in [0.15, 0.2) is 0 Å². The Hall–Kier alpha value is -1.55. The molecular weight excluding hydrogens is 240 g/mol. The van der Waals surface area contributed by atoms with Gasteiger partial charge in [-0.05, 0) is 29.9 Å². The maximum atomic E-state index is 11.7. The second-order valence-electron chi connectivity index (χ2n) is 5.14. The van der Waals surface area contributed by atoms with E-state index in [1.54, 1.807) is 0 Å². The van der Waals surface area contributed by atoms with Gasteiger partial charge in [-0.1, -0.05) is 37.1 Å². The lowest BCUT2D eigenvalue weighted by molar-refractivity contribution is 0.238. The van der Waals surface area contributed by atoms with Crippen molar-refractivity contribution >= 4 is 6.03 Å². The van der Waals surface area contributed by atoms with Gasteiger partial charge in [-0.15, -0.1) is 0 Å². The van der Waals surface area contributed by atoms with Crippen LogP contribution in [-0.4, -0.2) is 17.7 Å². The van der Waals surface area contributed by atoms with E-state index < -0.39 is 0 Å². The highest BCUT2D eigenvalue weighted by Crippen LogP contribution is 2.23. The number of carbonyl (C=O) groups is 1. The van der Waals surface area contributed by atoms with E-state index >= 15 is 0 Å². The SMILES string of the molecule is O=C(NCc1ccccc1CO)NCC1CCCC1. The van der Waals surface area contributed by atoms with Gasteiger partial charge < -0.3 is 15.7 Å². The molecule has 2 amide bonds. The van der Waals surface area contributed by atoms with Crippen molar-refractivity contribution in [1.29, 1.82) is 0 Å². The Kier molecular flexibility index (Phi) is 5.21.